The zero-order chi connectivity index (χ0) is 31.1. The minimum absolute atomic E-state index is 0.0593. The van der Waals surface area contributed by atoms with Crippen molar-refractivity contribution in [2.24, 2.45) is 11.3 Å². The van der Waals surface area contributed by atoms with Crippen molar-refractivity contribution in [3.05, 3.63) is 136 Å². The van der Waals surface area contributed by atoms with Crippen LogP contribution in [0.15, 0.2) is 124 Å². The van der Waals surface area contributed by atoms with Crippen LogP contribution in [-0.2, 0) is 14.9 Å². The summed E-state index contributed by atoms with van der Waals surface area (Å²) >= 11 is 0. The average molecular weight is 573 g/mol. The summed E-state index contributed by atoms with van der Waals surface area (Å²) in [6.45, 7) is 16.6. The Balaban J connectivity index is 1.64. The number of carbonyl (C=O) groups is 1. The first-order valence-corrected chi connectivity index (χ1v) is 14.9. The monoisotopic (exact) mass is 572 g/mol. The molecule has 2 aromatic carbocycles. The van der Waals surface area contributed by atoms with Crippen molar-refractivity contribution in [3.8, 4) is 11.3 Å². The molecule has 0 saturated heterocycles. The summed E-state index contributed by atoms with van der Waals surface area (Å²) < 4.78 is 12.6. The van der Waals surface area contributed by atoms with E-state index in [-0.39, 0.29) is 39.4 Å². The van der Waals surface area contributed by atoms with E-state index in [2.05, 4.69) is 41.5 Å². The molecule has 1 aliphatic carbocycles. The molecular formula is C39H40O4. The average Bonchev–Trinajstić information content (AvgIpc) is 2.98. The van der Waals surface area contributed by atoms with Crippen LogP contribution in [0.4, 0.5) is 0 Å². The third kappa shape index (κ3) is 6.19. The molecule has 0 spiro atoms. The molecule has 0 atom stereocenters. The number of benzene rings is 2. The Morgan fingerprint density at radius 3 is 1.98 bits per heavy atom. The molecule has 2 aliphatic rings. The van der Waals surface area contributed by atoms with Gasteiger partial charge < -0.3 is 9.84 Å². The van der Waals surface area contributed by atoms with Crippen LogP contribution in [0.5, 0.6) is 0 Å². The molecule has 5 rings (SSSR count). The van der Waals surface area contributed by atoms with Crippen molar-refractivity contribution in [2.45, 2.75) is 60.8 Å². The highest BCUT2D eigenvalue weighted by molar-refractivity contribution is 6.24. The van der Waals surface area contributed by atoms with E-state index >= 15 is 0 Å². The number of ketones is 1. The Bertz CT molecular complexity index is 1720. The highest BCUT2D eigenvalue weighted by Crippen LogP contribution is 2.42. The van der Waals surface area contributed by atoms with Crippen molar-refractivity contribution >= 4 is 17.1 Å². The first-order valence-electron chi connectivity index (χ1n) is 14.9. The second-order valence-corrected chi connectivity index (χ2v) is 13.6. The van der Waals surface area contributed by atoms with Crippen LogP contribution in [-0.4, -0.2) is 5.78 Å². The van der Waals surface area contributed by atoms with E-state index in [0.29, 0.717) is 11.5 Å². The van der Waals surface area contributed by atoms with Gasteiger partial charge in [-0.05, 0) is 73.8 Å². The van der Waals surface area contributed by atoms with Crippen LogP contribution in [0.25, 0.3) is 22.7 Å². The highest BCUT2D eigenvalue weighted by Gasteiger charge is 2.35. The van der Waals surface area contributed by atoms with Crippen molar-refractivity contribution in [2.75, 3.05) is 0 Å². The number of hydrogen-bond acceptors (Lipinski definition) is 3. The van der Waals surface area contributed by atoms with Gasteiger partial charge in [-0.2, -0.15) is 0 Å². The lowest BCUT2D eigenvalue weighted by atomic mass is 9.77. The summed E-state index contributed by atoms with van der Waals surface area (Å²) in [6.07, 6.45) is 5.52. The lowest BCUT2D eigenvalue weighted by molar-refractivity contribution is -0.300. The molecule has 220 valence electrons. The molecule has 0 saturated carbocycles. The normalized spacial score (nSPS) is 17.9. The third-order valence-electron chi connectivity index (χ3n) is 7.62. The predicted molar refractivity (Wildman–Crippen MR) is 172 cm³/mol. The Labute approximate surface area is 255 Å². The summed E-state index contributed by atoms with van der Waals surface area (Å²) in [7, 11) is 0. The van der Waals surface area contributed by atoms with E-state index in [1.807, 2.05) is 98.8 Å². The molecule has 0 fully saturated rings. The summed E-state index contributed by atoms with van der Waals surface area (Å²) in [5.41, 5.74) is 4.12. The molecule has 4 nitrogen and oxygen atoms in total. The highest BCUT2D eigenvalue weighted by atomic mass is 16.5. The van der Waals surface area contributed by atoms with Gasteiger partial charge in [-0.3, -0.25) is 4.79 Å². The summed E-state index contributed by atoms with van der Waals surface area (Å²) in [5, 5.41) is 13.8. The fourth-order valence-corrected chi connectivity index (χ4v) is 5.21. The molecule has 1 aromatic heterocycles. The van der Waals surface area contributed by atoms with E-state index in [9.17, 15) is 9.90 Å². The van der Waals surface area contributed by atoms with Crippen molar-refractivity contribution in [1.82, 2.24) is 0 Å². The SMILES string of the molecule is CC(C)C(=C1C(=O)C(C=C2C=C(c3ccccc3)OC(C(C)(C)C)=C2)=C1[O-])c1cc(-c2ccccc2)[o+]c(C(C)(C)C)c1. The number of hydrogen-bond donors (Lipinski definition) is 0. The molecule has 0 N–H and O–H groups in total. The smallest absolute Gasteiger partial charge is 0.360 e. The Hall–Kier alpha value is -4.44. The van der Waals surface area contributed by atoms with E-state index in [1.165, 1.54) is 0 Å². The van der Waals surface area contributed by atoms with E-state index in [4.69, 9.17) is 9.15 Å². The molecule has 4 heteroatoms. The fraction of sp³-hybridized carbons (Fsp3) is 0.282. The molecule has 43 heavy (non-hydrogen) atoms. The minimum atomic E-state index is -0.273. The lowest BCUT2D eigenvalue weighted by Crippen LogP contribution is -2.31. The van der Waals surface area contributed by atoms with Crippen LogP contribution in [0.2, 0.25) is 0 Å². The Morgan fingerprint density at radius 2 is 1.44 bits per heavy atom. The van der Waals surface area contributed by atoms with Gasteiger partial charge in [-0.25, -0.2) is 4.42 Å². The second kappa shape index (κ2) is 11.3. The fourth-order valence-electron chi connectivity index (χ4n) is 5.21. The summed E-state index contributed by atoms with van der Waals surface area (Å²) in [4.78, 5) is 13.8. The van der Waals surface area contributed by atoms with E-state index < -0.39 is 0 Å². The van der Waals surface area contributed by atoms with Crippen LogP contribution in [0.1, 0.15) is 72.3 Å². The van der Waals surface area contributed by atoms with Crippen LogP contribution < -0.4 is 5.11 Å². The van der Waals surface area contributed by atoms with Gasteiger partial charge in [0.15, 0.2) is 5.78 Å². The maximum absolute atomic E-state index is 13.8. The van der Waals surface area contributed by atoms with Gasteiger partial charge in [0, 0.05) is 28.2 Å². The molecule has 0 radical (unpaired) electrons. The largest absolute Gasteiger partial charge is 0.871 e. The van der Waals surface area contributed by atoms with Gasteiger partial charge in [-0.1, -0.05) is 88.9 Å². The van der Waals surface area contributed by atoms with Gasteiger partial charge in [0.2, 0.25) is 0 Å². The third-order valence-corrected chi connectivity index (χ3v) is 7.62. The van der Waals surface area contributed by atoms with Crippen molar-refractivity contribution in [1.29, 1.82) is 0 Å². The molecule has 1 aliphatic heterocycles. The molecule has 2 heterocycles. The Morgan fingerprint density at radius 1 is 0.837 bits per heavy atom. The first-order chi connectivity index (χ1) is 20.2. The molecule has 0 unspecified atom stereocenters. The number of rotatable bonds is 5. The number of Topliss-reactive ketones (excluding diaryl/α,β-unsaturated/α-hetero) is 1. The molecule has 0 amide bonds. The zero-order valence-electron chi connectivity index (χ0n) is 26.4. The first kappa shape index (κ1) is 30.0. The molecule has 0 bridgehead atoms. The minimum Gasteiger partial charge on any atom is -0.871 e. The van der Waals surface area contributed by atoms with Crippen molar-refractivity contribution < 1.29 is 19.1 Å². The number of allylic oxidation sites excluding steroid dienone is 8. The van der Waals surface area contributed by atoms with Gasteiger partial charge in [0.1, 0.15) is 11.5 Å². The maximum atomic E-state index is 13.8. The molecular weight excluding hydrogens is 532 g/mol. The summed E-state index contributed by atoms with van der Waals surface area (Å²) in [5.74, 6) is 2.43. The van der Waals surface area contributed by atoms with Gasteiger partial charge in [-0.15, -0.1) is 0 Å². The Kier molecular flexibility index (Phi) is 7.91. The van der Waals surface area contributed by atoms with E-state index in [1.54, 1.807) is 6.08 Å². The predicted octanol–water partition coefficient (Wildman–Crippen LogP) is 9.06. The number of ether oxygens (including phenoxy) is 1. The number of carbonyl (C=O) groups excluding carboxylic acids is 1. The van der Waals surface area contributed by atoms with Crippen LogP contribution >= 0.6 is 0 Å². The lowest BCUT2D eigenvalue weighted by Gasteiger charge is -2.33. The van der Waals surface area contributed by atoms with Gasteiger partial charge in [0.05, 0.1) is 17.0 Å². The van der Waals surface area contributed by atoms with Crippen LogP contribution in [0, 0.1) is 11.3 Å². The maximum Gasteiger partial charge on any atom is 0.360 e. The second-order valence-electron chi connectivity index (χ2n) is 13.6. The molecule has 3 aromatic rings. The quantitative estimate of drug-likeness (QED) is 0.226. The summed E-state index contributed by atoms with van der Waals surface area (Å²) in [6, 6.07) is 23.7. The topological polar surface area (TPSA) is 60.7 Å². The van der Waals surface area contributed by atoms with Crippen LogP contribution in [0.3, 0.4) is 0 Å². The standard InChI is InChI=1S/C39H40O4/c1-24(2)34(28-22-31(27-17-13-10-14-18-27)43-33(23-28)39(6,7)8)35-36(40)29(37(35)41)19-25-20-30(26-15-11-9-12-16-26)42-32(21-25)38(3,4)5/h9-24H,1-8H3. The van der Waals surface area contributed by atoms with Crippen molar-refractivity contribution in [3.63, 3.8) is 0 Å². The van der Waals surface area contributed by atoms with Gasteiger partial charge in [0.25, 0.3) is 0 Å². The zero-order valence-corrected chi connectivity index (χ0v) is 26.4. The van der Waals surface area contributed by atoms with E-state index in [0.717, 1.165) is 39.4 Å². The van der Waals surface area contributed by atoms with Gasteiger partial charge >= 0.3 is 11.5 Å².